The maximum atomic E-state index is 8.20. The van der Waals surface area contributed by atoms with Gasteiger partial charge in [0.15, 0.2) is 6.79 Å². The fourth-order valence-corrected chi connectivity index (χ4v) is 0.369. The first kappa shape index (κ1) is 5.97. The topological polar surface area (TPSA) is 47.9 Å². The van der Waals surface area contributed by atoms with Crippen LogP contribution in [0.3, 0.4) is 0 Å². The van der Waals surface area contributed by atoms with Crippen molar-refractivity contribution in [2.24, 2.45) is 0 Å². The summed E-state index contributed by atoms with van der Waals surface area (Å²) in [6.45, 7) is 0.0476. The van der Waals surface area contributed by atoms with Crippen molar-refractivity contribution in [3.05, 3.63) is 0 Å². The van der Waals surface area contributed by atoms with Crippen LogP contribution in [0.1, 0.15) is 0 Å². The van der Waals surface area contributed by atoms with Gasteiger partial charge in [0.05, 0.1) is 13.2 Å². The summed E-state index contributed by atoms with van der Waals surface area (Å²) in [5.41, 5.74) is 0. The molecule has 0 aromatic carbocycles. The summed E-state index contributed by atoms with van der Waals surface area (Å²) in [5, 5.41) is 8.20. The van der Waals surface area contributed by atoms with E-state index in [1.54, 1.807) is 0 Å². The van der Waals surface area contributed by atoms with Crippen LogP contribution in [0.15, 0.2) is 0 Å². The van der Waals surface area contributed by atoms with E-state index in [4.69, 9.17) is 9.84 Å². The number of hydrogen-bond donors (Lipinski definition) is 1. The Labute approximate surface area is 47.0 Å². The summed E-state index contributed by atoms with van der Waals surface area (Å²) < 4.78 is 14.1. The Morgan fingerprint density at radius 3 is 2.75 bits per heavy atom. The van der Waals surface area contributed by atoms with E-state index < -0.39 is 6.48 Å². The van der Waals surface area contributed by atoms with Crippen molar-refractivity contribution >= 4 is 0 Å². The second kappa shape index (κ2) is 2.99. The molecule has 1 aliphatic rings. The molecular formula is C4H8O4. The predicted octanol–water partition coefficient (Wildman–Crippen LogP) is -0.717. The molecule has 0 aromatic heterocycles. The minimum atomic E-state index is -0.526. The van der Waals surface area contributed by atoms with Crippen LogP contribution in [0.25, 0.3) is 0 Å². The van der Waals surface area contributed by atoms with Gasteiger partial charge in [0.1, 0.15) is 0 Å². The zero-order valence-electron chi connectivity index (χ0n) is 4.37. The van der Waals surface area contributed by atoms with Crippen molar-refractivity contribution in [2.45, 2.75) is 6.48 Å². The number of hydrogen-bond acceptors (Lipinski definition) is 4. The second-order valence-corrected chi connectivity index (χ2v) is 1.33. The van der Waals surface area contributed by atoms with Crippen LogP contribution in [0.4, 0.5) is 0 Å². The van der Waals surface area contributed by atoms with Crippen molar-refractivity contribution in [1.29, 1.82) is 0 Å². The molecule has 0 spiro atoms. The smallest absolute Gasteiger partial charge is 0.275 e. The molecule has 8 heavy (non-hydrogen) atoms. The van der Waals surface area contributed by atoms with Gasteiger partial charge in [-0.15, -0.1) is 0 Å². The van der Waals surface area contributed by atoms with Crippen LogP contribution in [0, 0.1) is 0 Å². The predicted molar refractivity (Wildman–Crippen MR) is 23.9 cm³/mol. The molecule has 0 unspecified atom stereocenters. The van der Waals surface area contributed by atoms with E-state index in [1.165, 1.54) is 0 Å². The Hall–Kier alpha value is -0.160. The van der Waals surface area contributed by atoms with Gasteiger partial charge in [0.25, 0.3) is 6.48 Å². The Balaban J connectivity index is 1.86. The van der Waals surface area contributed by atoms with Crippen molar-refractivity contribution in [3.63, 3.8) is 0 Å². The standard InChI is InChI=1S/C4H8O4/c5-1-2-6-4-7-3-8-4/h4-5H,1-3H2. The minimum absolute atomic E-state index is 0.00319. The van der Waals surface area contributed by atoms with Crippen LogP contribution in [0.2, 0.25) is 0 Å². The van der Waals surface area contributed by atoms with Gasteiger partial charge in [0.2, 0.25) is 0 Å². The van der Waals surface area contributed by atoms with E-state index in [9.17, 15) is 0 Å². The second-order valence-electron chi connectivity index (χ2n) is 1.33. The zero-order chi connectivity index (χ0) is 5.82. The molecule has 1 aliphatic heterocycles. The van der Waals surface area contributed by atoms with Gasteiger partial charge in [-0.3, -0.25) is 0 Å². The lowest BCUT2D eigenvalue weighted by atomic mass is 10.8. The van der Waals surface area contributed by atoms with Crippen LogP contribution in [-0.4, -0.2) is 31.6 Å². The van der Waals surface area contributed by atoms with Crippen molar-refractivity contribution in [1.82, 2.24) is 0 Å². The molecule has 0 atom stereocenters. The number of rotatable bonds is 3. The summed E-state index contributed by atoms with van der Waals surface area (Å²) in [6.07, 6.45) is 0. The van der Waals surface area contributed by atoms with Crippen molar-refractivity contribution in [3.8, 4) is 0 Å². The first-order valence-electron chi connectivity index (χ1n) is 2.39. The average molecular weight is 120 g/mol. The lowest BCUT2D eigenvalue weighted by molar-refractivity contribution is -0.421. The summed E-state index contributed by atoms with van der Waals surface area (Å²) >= 11 is 0. The highest BCUT2D eigenvalue weighted by Gasteiger charge is 2.17. The fraction of sp³-hybridized carbons (Fsp3) is 1.00. The third kappa shape index (κ3) is 1.41. The number of ether oxygens (including phenoxy) is 3. The summed E-state index contributed by atoms with van der Waals surface area (Å²) in [4.78, 5) is 0. The van der Waals surface area contributed by atoms with E-state index in [2.05, 4.69) is 9.47 Å². The Morgan fingerprint density at radius 2 is 2.38 bits per heavy atom. The fourth-order valence-electron chi connectivity index (χ4n) is 0.369. The summed E-state index contributed by atoms with van der Waals surface area (Å²) in [7, 11) is 0. The van der Waals surface area contributed by atoms with E-state index >= 15 is 0 Å². The Kier molecular flexibility index (Phi) is 2.23. The molecule has 1 fully saturated rings. The van der Waals surface area contributed by atoms with Crippen LogP contribution in [0.5, 0.6) is 0 Å². The first-order chi connectivity index (χ1) is 3.93. The Morgan fingerprint density at radius 1 is 1.62 bits per heavy atom. The van der Waals surface area contributed by atoms with E-state index in [-0.39, 0.29) is 13.2 Å². The SMILES string of the molecule is OCCOC1OCO1. The van der Waals surface area contributed by atoms with Crippen molar-refractivity contribution < 1.29 is 19.3 Å². The molecule has 4 nitrogen and oxygen atoms in total. The van der Waals surface area contributed by atoms with E-state index in [1.807, 2.05) is 0 Å². The molecule has 0 aromatic rings. The molecule has 0 aliphatic carbocycles. The van der Waals surface area contributed by atoms with Crippen LogP contribution >= 0.6 is 0 Å². The van der Waals surface area contributed by atoms with Gasteiger partial charge in [-0.25, -0.2) is 0 Å². The van der Waals surface area contributed by atoms with Crippen LogP contribution in [-0.2, 0) is 14.2 Å². The van der Waals surface area contributed by atoms with Gasteiger partial charge < -0.3 is 19.3 Å². The van der Waals surface area contributed by atoms with Gasteiger partial charge in [-0.2, -0.15) is 0 Å². The van der Waals surface area contributed by atoms with E-state index in [0.717, 1.165) is 0 Å². The van der Waals surface area contributed by atoms with Crippen molar-refractivity contribution in [2.75, 3.05) is 20.0 Å². The lowest BCUT2D eigenvalue weighted by Crippen LogP contribution is -2.33. The van der Waals surface area contributed by atoms with Crippen LogP contribution < -0.4 is 0 Å². The highest BCUT2D eigenvalue weighted by molar-refractivity contribution is 4.30. The minimum Gasteiger partial charge on any atom is -0.394 e. The molecular weight excluding hydrogens is 112 g/mol. The molecule has 1 saturated heterocycles. The third-order valence-electron chi connectivity index (χ3n) is 0.753. The first-order valence-corrected chi connectivity index (χ1v) is 2.39. The molecule has 0 bridgehead atoms. The maximum Gasteiger partial charge on any atom is 0.275 e. The summed E-state index contributed by atoms with van der Waals surface area (Å²) in [5.74, 6) is 0. The average Bonchev–Trinajstić information content (AvgIpc) is 1.63. The molecule has 0 saturated carbocycles. The quantitative estimate of drug-likeness (QED) is 0.534. The molecule has 0 radical (unpaired) electrons. The largest absolute Gasteiger partial charge is 0.394 e. The molecule has 1 N–H and O–H groups in total. The Bertz CT molecular complexity index is 61.1. The summed E-state index contributed by atoms with van der Waals surface area (Å²) in [6, 6.07) is 0. The maximum absolute atomic E-state index is 8.20. The van der Waals surface area contributed by atoms with Gasteiger partial charge >= 0.3 is 0 Å². The normalized spacial score (nSPS) is 20.6. The molecule has 4 heteroatoms. The number of aliphatic hydroxyl groups excluding tert-OH is 1. The molecule has 1 heterocycles. The highest BCUT2D eigenvalue weighted by atomic mass is 17.0. The van der Waals surface area contributed by atoms with E-state index in [0.29, 0.717) is 6.79 Å². The number of aliphatic hydroxyl groups is 1. The third-order valence-corrected chi connectivity index (χ3v) is 0.753. The van der Waals surface area contributed by atoms with Gasteiger partial charge in [-0.05, 0) is 0 Å². The molecule has 48 valence electrons. The van der Waals surface area contributed by atoms with Gasteiger partial charge in [-0.1, -0.05) is 0 Å². The molecule has 0 amide bonds. The molecule has 1 rings (SSSR count). The zero-order valence-corrected chi connectivity index (χ0v) is 4.37. The lowest BCUT2D eigenvalue weighted by Gasteiger charge is -2.25. The highest BCUT2D eigenvalue weighted by Crippen LogP contribution is 2.06. The van der Waals surface area contributed by atoms with Gasteiger partial charge in [0, 0.05) is 0 Å². The monoisotopic (exact) mass is 120 g/mol.